The van der Waals surface area contributed by atoms with Gasteiger partial charge in [0, 0.05) is 18.5 Å². The third-order valence-electron chi connectivity index (χ3n) is 4.42. The van der Waals surface area contributed by atoms with E-state index in [1.54, 1.807) is 0 Å². The topological polar surface area (TPSA) is 74.2 Å². The third kappa shape index (κ3) is 2.90. The molecule has 0 bridgehead atoms. The minimum atomic E-state index is 0.350. The average molecular weight is 321 g/mol. The van der Waals surface area contributed by atoms with Gasteiger partial charge in [-0.15, -0.1) is 0 Å². The second-order valence-corrected chi connectivity index (χ2v) is 5.99. The predicted octanol–water partition coefficient (Wildman–Crippen LogP) is 3.30. The van der Waals surface area contributed by atoms with Crippen LogP contribution in [0.25, 0.3) is 11.4 Å². The van der Waals surface area contributed by atoms with E-state index < -0.39 is 0 Å². The van der Waals surface area contributed by atoms with Crippen molar-refractivity contribution in [1.29, 1.82) is 0 Å². The van der Waals surface area contributed by atoms with E-state index in [0.29, 0.717) is 24.2 Å². The van der Waals surface area contributed by atoms with Crippen molar-refractivity contribution >= 4 is 0 Å². The number of fused-ring (bicyclic) bond motifs is 1. The summed E-state index contributed by atoms with van der Waals surface area (Å²) in [7, 11) is 0. The van der Waals surface area contributed by atoms with E-state index in [1.165, 1.54) is 5.56 Å². The van der Waals surface area contributed by atoms with Crippen molar-refractivity contribution in [2.75, 3.05) is 6.61 Å². The summed E-state index contributed by atoms with van der Waals surface area (Å²) in [5.41, 5.74) is 8.87. The zero-order valence-corrected chi connectivity index (χ0v) is 13.3. The molecular formula is C19H19N3O2. The van der Waals surface area contributed by atoms with Gasteiger partial charge in [0.2, 0.25) is 11.7 Å². The van der Waals surface area contributed by atoms with Crippen LogP contribution in [0.2, 0.25) is 0 Å². The molecule has 0 saturated carbocycles. The molecule has 3 aromatic rings. The molecule has 1 aliphatic heterocycles. The molecule has 0 amide bonds. The maximum atomic E-state index is 5.71. The van der Waals surface area contributed by atoms with Gasteiger partial charge in [0.05, 0.1) is 6.61 Å². The second kappa shape index (κ2) is 6.45. The number of nitrogens with zero attached hydrogens (tertiary/aromatic N) is 2. The molecule has 4 rings (SSSR count). The van der Waals surface area contributed by atoms with E-state index in [-0.39, 0.29) is 0 Å². The normalized spacial score (nSPS) is 16.5. The molecule has 1 aromatic heterocycles. The zero-order valence-electron chi connectivity index (χ0n) is 13.3. The van der Waals surface area contributed by atoms with Crippen molar-refractivity contribution in [2.45, 2.75) is 25.3 Å². The summed E-state index contributed by atoms with van der Waals surface area (Å²) in [6.45, 7) is 1.25. The first kappa shape index (κ1) is 14.9. The highest BCUT2D eigenvalue weighted by atomic mass is 16.5. The van der Waals surface area contributed by atoms with E-state index in [9.17, 15) is 0 Å². The number of hydrogen-bond donors (Lipinski definition) is 1. The lowest BCUT2D eigenvalue weighted by Gasteiger charge is -2.24. The minimum Gasteiger partial charge on any atom is -0.493 e. The van der Waals surface area contributed by atoms with Crippen LogP contribution >= 0.6 is 0 Å². The smallest absolute Gasteiger partial charge is 0.227 e. The van der Waals surface area contributed by atoms with Gasteiger partial charge in [-0.3, -0.25) is 0 Å². The van der Waals surface area contributed by atoms with E-state index in [2.05, 4.69) is 16.2 Å². The fourth-order valence-corrected chi connectivity index (χ4v) is 3.08. The highest BCUT2D eigenvalue weighted by Gasteiger charge is 2.23. The van der Waals surface area contributed by atoms with Gasteiger partial charge in [-0.1, -0.05) is 47.6 Å². The van der Waals surface area contributed by atoms with E-state index in [1.807, 2.05) is 42.5 Å². The highest BCUT2D eigenvalue weighted by Crippen LogP contribution is 2.35. The first-order chi connectivity index (χ1) is 11.8. The van der Waals surface area contributed by atoms with Crippen LogP contribution in [0.5, 0.6) is 5.75 Å². The lowest BCUT2D eigenvalue weighted by molar-refractivity contribution is 0.259. The lowest BCUT2D eigenvalue weighted by Crippen LogP contribution is -2.16. The zero-order chi connectivity index (χ0) is 16.4. The van der Waals surface area contributed by atoms with E-state index >= 15 is 0 Å². The van der Waals surface area contributed by atoms with Gasteiger partial charge >= 0.3 is 0 Å². The van der Waals surface area contributed by atoms with Crippen LogP contribution in [0.4, 0.5) is 0 Å². The summed E-state index contributed by atoms with van der Waals surface area (Å²) in [5.74, 6) is 2.59. The molecule has 0 fully saturated rings. The summed E-state index contributed by atoms with van der Waals surface area (Å²) >= 11 is 0. The molecular weight excluding hydrogens is 302 g/mol. The Balaban J connectivity index is 1.53. The Morgan fingerprint density at radius 2 is 1.92 bits per heavy atom. The summed E-state index contributed by atoms with van der Waals surface area (Å²) < 4.78 is 11.2. The van der Waals surface area contributed by atoms with Crippen molar-refractivity contribution in [2.24, 2.45) is 5.73 Å². The van der Waals surface area contributed by atoms with Gasteiger partial charge in [-0.05, 0) is 29.5 Å². The SMILES string of the molecule is NCc1ccc(-c2noc(CC3CCOc4ccccc43)n2)cc1. The maximum absolute atomic E-state index is 5.71. The molecule has 0 spiro atoms. The number of ether oxygens (including phenoxy) is 1. The molecule has 1 atom stereocenters. The molecule has 1 aliphatic rings. The summed E-state index contributed by atoms with van der Waals surface area (Å²) in [6, 6.07) is 16.1. The summed E-state index contributed by atoms with van der Waals surface area (Å²) in [6.07, 6.45) is 1.69. The van der Waals surface area contributed by atoms with Crippen LogP contribution in [0.1, 0.15) is 29.4 Å². The molecule has 0 saturated heterocycles. The van der Waals surface area contributed by atoms with Gasteiger partial charge < -0.3 is 15.0 Å². The molecule has 24 heavy (non-hydrogen) atoms. The number of rotatable bonds is 4. The third-order valence-corrected chi connectivity index (χ3v) is 4.42. The monoisotopic (exact) mass is 321 g/mol. The minimum absolute atomic E-state index is 0.350. The molecule has 122 valence electrons. The number of aromatic nitrogens is 2. The predicted molar refractivity (Wildman–Crippen MR) is 90.6 cm³/mol. The maximum Gasteiger partial charge on any atom is 0.227 e. The van der Waals surface area contributed by atoms with Crippen molar-refractivity contribution in [3.05, 3.63) is 65.5 Å². The van der Waals surface area contributed by atoms with Crippen LogP contribution in [-0.4, -0.2) is 16.7 Å². The average Bonchev–Trinajstić information content (AvgIpc) is 3.11. The molecule has 0 radical (unpaired) electrons. The van der Waals surface area contributed by atoms with Crippen molar-refractivity contribution in [1.82, 2.24) is 10.1 Å². The van der Waals surface area contributed by atoms with Gasteiger partial charge in [-0.2, -0.15) is 4.98 Å². The summed E-state index contributed by atoms with van der Waals surface area (Å²) in [4.78, 5) is 4.55. The second-order valence-electron chi connectivity index (χ2n) is 5.99. The van der Waals surface area contributed by atoms with Crippen LogP contribution in [0.15, 0.2) is 53.1 Å². The van der Waals surface area contributed by atoms with E-state index in [4.69, 9.17) is 15.0 Å². The Morgan fingerprint density at radius 1 is 1.08 bits per heavy atom. The Labute approximate surface area is 140 Å². The molecule has 5 heteroatoms. The molecule has 2 N–H and O–H groups in total. The van der Waals surface area contributed by atoms with Gasteiger partial charge in [0.15, 0.2) is 0 Å². The van der Waals surface area contributed by atoms with Crippen LogP contribution in [0.3, 0.4) is 0 Å². The van der Waals surface area contributed by atoms with Gasteiger partial charge in [0.1, 0.15) is 5.75 Å². The lowest BCUT2D eigenvalue weighted by atomic mass is 9.90. The number of nitrogens with two attached hydrogens (primary N) is 1. The Hall–Kier alpha value is -2.66. The first-order valence-corrected chi connectivity index (χ1v) is 8.17. The highest BCUT2D eigenvalue weighted by molar-refractivity contribution is 5.54. The fourth-order valence-electron chi connectivity index (χ4n) is 3.08. The Morgan fingerprint density at radius 3 is 2.75 bits per heavy atom. The van der Waals surface area contributed by atoms with Crippen molar-refractivity contribution in [3.63, 3.8) is 0 Å². The van der Waals surface area contributed by atoms with Crippen LogP contribution < -0.4 is 10.5 Å². The number of hydrogen-bond acceptors (Lipinski definition) is 5. The first-order valence-electron chi connectivity index (χ1n) is 8.17. The standard InChI is InChI=1S/C19H19N3O2/c20-12-13-5-7-14(8-6-13)19-21-18(24-22-19)11-15-9-10-23-17-4-2-1-3-16(15)17/h1-8,15H,9-12,20H2. The van der Waals surface area contributed by atoms with E-state index in [0.717, 1.165) is 36.3 Å². The molecule has 1 unspecified atom stereocenters. The molecule has 5 nitrogen and oxygen atoms in total. The molecule has 2 heterocycles. The quantitative estimate of drug-likeness (QED) is 0.798. The largest absolute Gasteiger partial charge is 0.493 e. The number of para-hydroxylation sites is 1. The number of benzene rings is 2. The molecule has 2 aromatic carbocycles. The van der Waals surface area contributed by atoms with Crippen LogP contribution in [-0.2, 0) is 13.0 Å². The Bertz CT molecular complexity index is 827. The van der Waals surface area contributed by atoms with Gasteiger partial charge in [-0.25, -0.2) is 0 Å². The van der Waals surface area contributed by atoms with Crippen molar-refractivity contribution < 1.29 is 9.26 Å². The van der Waals surface area contributed by atoms with Gasteiger partial charge in [0.25, 0.3) is 0 Å². The summed E-state index contributed by atoms with van der Waals surface area (Å²) in [5, 5.41) is 4.11. The van der Waals surface area contributed by atoms with Crippen molar-refractivity contribution in [3.8, 4) is 17.1 Å². The fraction of sp³-hybridized carbons (Fsp3) is 0.263. The Kier molecular flexibility index (Phi) is 4.01. The van der Waals surface area contributed by atoms with Crippen LogP contribution in [0, 0.1) is 0 Å². The molecule has 0 aliphatic carbocycles.